The molecule has 1 saturated carbocycles. The SMILES string of the molecule is CCC1CCCN(C2CC(C(C)C)CCC2NC)C1. The highest BCUT2D eigenvalue weighted by atomic mass is 15.2. The van der Waals surface area contributed by atoms with Crippen LogP contribution < -0.4 is 5.32 Å². The molecule has 1 saturated heterocycles. The van der Waals surface area contributed by atoms with Crippen molar-refractivity contribution in [3.63, 3.8) is 0 Å². The van der Waals surface area contributed by atoms with Crippen LogP contribution in [0.25, 0.3) is 0 Å². The van der Waals surface area contributed by atoms with Gasteiger partial charge < -0.3 is 5.32 Å². The molecule has 0 aromatic carbocycles. The Hall–Kier alpha value is -0.0800. The third kappa shape index (κ3) is 3.72. The van der Waals surface area contributed by atoms with E-state index >= 15 is 0 Å². The van der Waals surface area contributed by atoms with Crippen LogP contribution in [0.1, 0.15) is 59.3 Å². The van der Waals surface area contributed by atoms with E-state index in [0.717, 1.165) is 29.8 Å². The second kappa shape index (κ2) is 7.08. The molecule has 4 atom stereocenters. The van der Waals surface area contributed by atoms with Gasteiger partial charge in [-0.3, -0.25) is 4.90 Å². The van der Waals surface area contributed by atoms with Gasteiger partial charge in [0.15, 0.2) is 0 Å². The van der Waals surface area contributed by atoms with Crippen LogP contribution in [0.4, 0.5) is 0 Å². The zero-order chi connectivity index (χ0) is 13.8. The number of piperidine rings is 1. The van der Waals surface area contributed by atoms with Crippen LogP contribution >= 0.6 is 0 Å². The van der Waals surface area contributed by atoms with Gasteiger partial charge in [0, 0.05) is 18.6 Å². The second-order valence-electron chi connectivity index (χ2n) is 7.19. The van der Waals surface area contributed by atoms with Gasteiger partial charge in [-0.1, -0.05) is 27.2 Å². The van der Waals surface area contributed by atoms with Crippen LogP contribution in [0.5, 0.6) is 0 Å². The van der Waals surface area contributed by atoms with Gasteiger partial charge in [0.1, 0.15) is 0 Å². The minimum absolute atomic E-state index is 0.727. The second-order valence-corrected chi connectivity index (χ2v) is 7.19. The number of nitrogens with one attached hydrogen (secondary N) is 1. The topological polar surface area (TPSA) is 15.3 Å². The van der Waals surface area contributed by atoms with E-state index in [4.69, 9.17) is 0 Å². The summed E-state index contributed by atoms with van der Waals surface area (Å²) in [7, 11) is 2.16. The van der Waals surface area contributed by atoms with Crippen molar-refractivity contribution in [2.75, 3.05) is 20.1 Å². The maximum Gasteiger partial charge on any atom is 0.0252 e. The molecule has 2 nitrogen and oxygen atoms in total. The molecule has 1 aliphatic carbocycles. The fraction of sp³-hybridized carbons (Fsp3) is 1.00. The first-order valence-electron chi connectivity index (χ1n) is 8.57. The third-order valence-corrected chi connectivity index (χ3v) is 5.77. The number of likely N-dealkylation sites (tertiary alicyclic amines) is 1. The standard InChI is InChI=1S/C17H34N2/c1-5-14-7-6-10-19(12-14)17-11-15(13(2)3)8-9-16(17)18-4/h13-18H,5-12H2,1-4H3. The maximum atomic E-state index is 3.60. The highest BCUT2D eigenvalue weighted by Gasteiger charge is 2.36. The summed E-state index contributed by atoms with van der Waals surface area (Å²) in [6.45, 7) is 9.87. The molecule has 2 heteroatoms. The van der Waals surface area contributed by atoms with Crippen LogP contribution in [-0.2, 0) is 0 Å². The maximum absolute atomic E-state index is 3.60. The normalized spacial score (nSPS) is 37.7. The number of rotatable bonds is 4. The van der Waals surface area contributed by atoms with Gasteiger partial charge in [0.25, 0.3) is 0 Å². The smallest absolute Gasteiger partial charge is 0.0252 e. The van der Waals surface area contributed by atoms with Gasteiger partial charge in [-0.25, -0.2) is 0 Å². The minimum atomic E-state index is 0.727. The van der Waals surface area contributed by atoms with Crippen molar-refractivity contribution in [3.8, 4) is 0 Å². The summed E-state index contributed by atoms with van der Waals surface area (Å²) >= 11 is 0. The van der Waals surface area contributed by atoms with E-state index in [1.165, 1.54) is 51.6 Å². The molecule has 0 spiro atoms. The molecule has 2 rings (SSSR count). The van der Waals surface area contributed by atoms with E-state index < -0.39 is 0 Å². The summed E-state index contributed by atoms with van der Waals surface area (Å²) < 4.78 is 0. The summed E-state index contributed by atoms with van der Waals surface area (Å²) in [5, 5.41) is 3.60. The molecule has 2 fully saturated rings. The molecule has 0 radical (unpaired) electrons. The predicted octanol–water partition coefficient (Wildman–Crippen LogP) is 3.52. The summed E-state index contributed by atoms with van der Waals surface area (Å²) in [6.07, 6.45) is 8.44. The lowest BCUT2D eigenvalue weighted by atomic mass is 9.75. The molecule has 112 valence electrons. The summed E-state index contributed by atoms with van der Waals surface area (Å²) in [6, 6.07) is 1.52. The van der Waals surface area contributed by atoms with Gasteiger partial charge in [-0.15, -0.1) is 0 Å². The van der Waals surface area contributed by atoms with E-state index in [0.29, 0.717) is 0 Å². The van der Waals surface area contributed by atoms with Crippen molar-refractivity contribution in [3.05, 3.63) is 0 Å². The molecule has 0 bridgehead atoms. The van der Waals surface area contributed by atoms with Crippen molar-refractivity contribution >= 4 is 0 Å². The van der Waals surface area contributed by atoms with Crippen LogP contribution in [0.3, 0.4) is 0 Å². The van der Waals surface area contributed by atoms with Crippen LogP contribution in [0.2, 0.25) is 0 Å². The summed E-state index contributed by atoms with van der Waals surface area (Å²) in [4.78, 5) is 2.83. The molecule has 1 N–H and O–H groups in total. The van der Waals surface area contributed by atoms with Crippen molar-refractivity contribution in [1.29, 1.82) is 0 Å². The number of hydrogen-bond donors (Lipinski definition) is 1. The third-order valence-electron chi connectivity index (χ3n) is 5.77. The Kier molecular flexibility index (Phi) is 5.70. The quantitative estimate of drug-likeness (QED) is 0.837. The Labute approximate surface area is 120 Å². The van der Waals surface area contributed by atoms with Crippen molar-refractivity contribution in [1.82, 2.24) is 10.2 Å². The highest BCUT2D eigenvalue weighted by Crippen LogP contribution is 2.34. The molecule has 1 aliphatic heterocycles. The highest BCUT2D eigenvalue weighted by molar-refractivity contribution is 4.93. The Balaban J connectivity index is 2.00. The van der Waals surface area contributed by atoms with Gasteiger partial charge in [-0.05, 0) is 63.5 Å². The van der Waals surface area contributed by atoms with E-state index in [-0.39, 0.29) is 0 Å². The van der Waals surface area contributed by atoms with Crippen LogP contribution in [0.15, 0.2) is 0 Å². The van der Waals surface area contributed by atoms with E-state index in [2.05, 4.69) is 38.0 Å². The number of nitrogens with zero attached hydrogens (tertiary/aromatic N) is 1. The lowest BCUT2D eigenvalue weighted by Gasteiger charge is -2.46. The van der Waals surface area contributed by atoms with Gasteiger partial charge >= 0.3 is 0 Å². The van der Waals surface area contributed by atoms with Gasteiger partial charge in [0.05, 0.1) is 0 Å². The molecule has 0 amide bonds. The monoisotopic (exact) mass is 266 g/mol. The molecular weight excluding hydrogens is 232 g/mol. The first kappa shape index (κ1) is 15.3. The van der Waals surface area contributed by atoms with Crippen molar-refractivity contribution in [2.24, 2.45) is 17.8 Å². The molecule has 2 aliphatic rings. The van der Waals surface area contributed by atoms with E-state index in [9.17, 15) is 0 Å². The fourth-order valence-electron chi connectivity index (χ4n) is 4.26. The van der Waals surface area contributed by atoms with Crippen LogP contribution in [0, 0.1) is 17.8 Å². The Morgan fingerprint density at radius 3 is 2.63 bits per heavy atom. The largest absolute Gasteiger partial charge is 0.315 e. The lowest BCUT2D eigenvalue weighted by Crippen LogP contribution is -2.55. The molecule has 0 aromatic heterocycles. The first-order valence-corrected chi connectivity index (χ1v) is 8.57. The number of likely N-dealkylation sites (N-methyl/N-ethyl adjacent to an activating group) is 1. The van der Waals surface area contributed by atoms with E-state index in [1.54, 1.807) is 0 Å². The van der Waals surface area contributed by atoms with Gasteiger partial charge in [-0.2, -0.15) is 0 Å². The average Bonchev–Trinajstić information content (AvgIpc) is 2.46. The van der Waals surface area contributed by atoms with E-state index in [1.807, 2.05) is 0 Å². The average molecular weight is 266 g/mol. The predicted molar refractivity (Wildman–Crippen MR) is 83.4 cm³/mol. The first-order chi connectivity index (χ1) is 9.15. The van der Waals surface area contributed by atoms with Crippen molar-refractivity contribution in [2.45, 2.75) is 71.4 Å². The zero-order valence-electron chi connectivity index (χ0n) is 13.5. The Morgan fingerprint density at radius 2 is 2.00 bits per heavy atom. The molecule has 1 heterocycles. The summed E-state index contributed by atoms with van der Waals surface area (Å²) in [5.41, 5.74) is 0. The molecule has 19 heavy (non-hydrogen) atoms. The molecule has 0 aromatic rings. The van der Waals surface area contributed by atoms with Crippen molar-refractivity contribution < 1.29 is 0 Å². The fourth-order valence-corrected chi connectivity index (χ4v) is 4.26. The van der Waals surface area contributed by atoms with Gasteiger partial charge in [0.2, 0.25) is 0 Å². The molecule has 4 unspecified atom stereocenters. The Bertz CT molecular complexity index is 264. The lowest BCUT2D eigenvalue weighted by molar-refractivity contribution is 0.0511. The minimum Gasteiger partial charge on any atom is -0.315 e. The number of hydrogen-bond acceptors (Lipinski definition) is 2. The summed E-state index contributed by atoms with van der Waals surface area (Å²) in [5.74, 6) is 2.74. The zero-order valence-corrected chi connectivity index (χ0v) is 13.5. The molecular formula is C17H34N2. The Morgan fingerprint density at radius 1 is 1.21 bits per heavy atom. The van der Waals surface area contributed by atoms with Crippen LogP contribution in [-0.4, -0.2) is 37.1 Å².